The molecule has 5 atom stereocenters. The molecule has 1 fully saturated rings. The molecule has 0 saturated carbocycles. The van der Waals surface area contributed by atoms with Crippen LogP contribution in [-0.4, -0.2) is 58.0 Å². The van der Waals surface area contributed by atoms with Gasteiger partial charge >= 0.3 is 23.9 Å². The number of esters is 1. The Morgan fingerprint density at radius 1 is 0.902 bits per heavy atom. The van der Waals surface area contributed by atoms with E-state index in [-0.39, 0.29) is 31.7 Å². The fourth-order valence-electron chi connectivity index (χ4n) is 5.46. The number of hydrogen-bond donors (Lipinski definition) is 3. The molecule has 9 nitrogen and oxygen atoms in total. The first kappa shape index (κ1) is 31.9. The minimum Gasteiger partial charge on any atom is -0.481 e. The summed E-state index contributed by atoms with van der Waals surface area (Å²) < 4.78 is 11.0. The average Bonchev–Trinajstić information content (AvgIpc) is 2.92. The van der Waals surface area contributed by atoms with Gasteiger partial charge < -0.3 is 24.8 Å². The van der Waals surface area contributed by atoms with Crippen molar-refractivity contribution < 1.29 is 44.0 Å². The van der Waals surface area contributed by atoms with Gasteiger partial charge in [0, 0.05) is 18.3 Å². The number of carbonyl (C=O) groups is 4. The second-order valence-corrected chi connectivity index (χ2v) is 11.2. The van der Waals surface area contributed by atoms with Crippen LogP contribution < -0.4 is 0 Å². The molecule has 0 amide bonds. The summed E-state index contributed by atoms with van der Waals surface area (Å²) in [4.78, 5) is 46.7. The van der Waals surface area contributed by atoms with Gasteiger partial charge in [0.05, 0.1) is 32.5 Å². The van der Waals surface area contributed by atoms with Crippen molar-refractivity contribution in [3.63, 3.8) is 0 Å². The first-order chi connectivity index (χ1) is 19.5. The van der Waals surface area contributed by atoms with Crippen molar-refractivity contribution >= 4 is 41.7 Å². The van der Waals surface area contributed by atoms with Gasteiger partial charge in [-0.15, -0.1) is 11.8 Å². The van der Waals surface area contributed by atoms with E-state index in [0.717, 1.165) is 27.8 Å². The Hall–Kier alpha value is -3.63. The standard InChI is InChI=1S/C31H36O9S/c1-18-7-12-21(14-22(18)13-20-10-8-19(9-11-20)5-4-6-29(38)39-2)30-24(16-27(34)35)23(15-26(32)33)25(17-28(36)37)31(40-30)41-3/h4-5,7-12,14,23-25,30-31H,6,13,15-17H2,1-3H3,(H,32,33)(H,34,35)(H,36,37)/b5-4+/t23-,24+,25+,30-,31-/m1/s1. The molecular weight excluding hydrogens is 548 g/mol. The second kappa shape index (κ2) is 14.8. The van der Waals surface area contributed by atoms with E-state index in [0.29, 0.717) is 6.42 Å². The molecule has 0 bridgehead atoms. The van der Waals surface area contributed by atoms with Crippen molar-refractivity contribution in [2.45, 2.75) is 50.6 Å². The van der Waals surface area contributed by atoms with E-state index >= 15 is 0 Å². The number of aryl methyl sites for hydroxylation is 1. The molecule has 2 aromatic rings. The molecule has 3 rings (SSSR count). The van der Waals surface area contributed by atoms with Crippen LogP contribution in [-0.2, 0) is 35.1 Å². The monoisotopic (exact) mass is 584 g/mol. The highest BCUT2D eigenvalue weighted by Gasteiger charge is 2.48. The molecule has 0 aliphatic carbocycles. The number of benzene rings is 2. The summed E-state index contributed by atoms with van der Waals surface area (Å²) in [5.41, 5.74) is 4.18. The third kappa shape index (κ3) is 8.93. The van der Waals surface area contributed by atoms with Crippen molar-refractivity contribution in [3.05, 3.63) is 76.4 Å². The van der Waals surface area contributed by atoms with Crippen molar-refractivity contribution in [1.82, 2.24) is 0 Å². The number of ether oxygens (including phenoxy) is 2. The third-order valence-corrected chi connectivity index (χ3v) is 8.41. The number of rotatable bonds is 13. The van der Waals surface area contributed by atoms with Gasteiger partial charge in [-0.05, 0) is 53.3 Å². The number of carboxylic acid groups (broad SMARTS) is 3. The van der Waals surface area contributed by atoms with Crippen LogP contribution in [0.2, 0.25) is 0 Å². The van der Waals surface area contributed by atoms with E-state index < -0.39 is 47.2 Å². The molecule has 0 radical (unpaired) electrons. The SMILES string of the molecule is COC(=O)C/C=C/c1ccc(Cc2cc([C@H]3O[C@H](SC)[C@@H](CC(=O)O)[C@H](CC(=O)O)[C@@H]3CC(=O)O)ccc2C)cc1. The van der Waals surface area contributed by atoms with Crippen LogP contribution in [0.15, 0.2) is 48.5 Å². The molecule has 220 valence electrons. The Morgan fingerprint density at radius 3 is 2.10 bits per heavy atom. The molecule has 41 heavy (non-hydrogen) atoms. The van der Waals surface area contributed by atoms with Crippen molar-refractivity contribution in [2.24, 2.45) is 17.8 Å². The Kier molecular flexibility index (Phi) is 11.5. The lowest BCUT2D eigenvalue weighted by Crippen LogP contribution is -2.45. The van der Waals surface area contributed by atoms with Crippen LogP contribution >= 0.6 is 11.8 Å². The number of carboxylic acids is 3. The molecular formula is C31H36O9S. The van der Waals surface area contributed by atoms with Crippen LogP contribution in [0.3, 0.4) is 0 Å². The lowest BCUT2D eigenvalue weighted by Gasteiger charge is -2.46. The summed E-state index contributed by atoms with van der Waals surface area (Å²) in [6.45, 7) is 1.99. The third-order valence-electron chi connectivity index (χ3n) is 7.48. The van der Waals surface area contributed by atoms with Crippen molar-refractivity contribution in [1.29, 1.82) is 0 Å². The molecule has 1 heterocycles. The Morgan fingerprint density at radius 2 is 1.51 bits per heavy atom. The van der Waals surface area contributed by atoms with E-state index in [9.17, 15) is 34.5 Å². The van der Waals surface area contributed by atoms with E-state index in [2.05, 4.69) is 4.74 Å². The largest absolute Gasteiger partial charge is 0.481 e. The average molecular weight is 585 g/mol. The fourth-order valence-corrected chi connectivity index (χ4v) is 6.34. The molecule has 1 aliphatic rings. The number of carbonyl (C=O) groups excluding carboxylic acids is 1. The number of thioether (sulfide) groups is 1. The fraction of sp³-hybridized carbons (Fsp3) is 0.419. The molecule has 0 aromatic heterocycles. The summed E-state index contributed by atoms with van der Waals surface area (Å²) in [7, 11) is 1.35. The van der Waals surface area contributed by atoms with Crippen LogP contribution in [0.4, 0.5) is 0 Å². The smallest absolute Gasteiger partial charge is 0.309 e. The zero-order valence-electron chi connectivity index (χ0n) is 23.3. The summed E-state index contributed by atoms with van der Waals surface area (Å²) >= 11 is 1.31. The van der Waals surface area contributed by atoms with E-state index in [4.69, 9.17) is 4.74 Å². The van der Waals surface area contributed by atoms with E-state index in [1.807, 2.05) is 55.5 Å². The molecule has 1 saturated heterocycles. The van der Waals surface area contributed by atoms with Gasteiger partial charge in [0.2, 0.25) is 0 Å². The van der Waals surface area contributed by atoms with Crippen molar-refractivity contribution in [2.75, 3.05) is 13.4 Å². The highest BCUT2D eigenvalue weighted by atomic mass is 32.2. The maximum Gasteiger partial charge on any atom is 0.309 e. The topological polar surface area (TPSA) is 147 Å². The minimum atomic E-state index is -1.10. The van der Waals surface area contributed by atoms with Crippen LogP contribution in [0, 0.1) is 24.7 Å². The summed E-state index contributed by atoms with van der Waals surface area (Å²) in [5, 5.41) is 28.9. The number of hydrogen-bond acceptors (Lipinski definition) is 7. The molecule has 1 aliphatic heterocycles. The normalized spacial score (nSPS) is 22.4. The Balaban J connectivity index is 1.91. The first-order valence-corrected chi connectivity index (χ1v) is 14.6. The maximum atomic E-state index is 11.9. The van der Waals surface area contributed by atoms with Gasteiger partial charge in [-0.25, -0.2) is 0 Å². The van der Waals surface area contributed by atoms with Crippen LogP contribution in [0.25, 0.3) is 6.08 Å². The van der Waals surface area contributed by atoms with Gasteiger partial charge in [0.15, 0.2) is 0 Å². The predicted molar refractivity (Wildman–Crippen MR) is 154 cm³/mol. The number of aliphatic carboxylic acids is 3. The second-order valence-electron chi connectivity index (χ2n) is 10.2. The van der Waals surface area contributed by atoms with E-state index in [1.165, 1.54) is 18.9 Å². The Bertz CT molecular complexity index is 1270. The van der Waals surface area contributed by atoms with Gasteiger partial charge in [0.1, 0.15) is 5.44 Å². The maximum absolute atomic E-state index is 11.9. The summed E-state index contributed by atoms with van der Waals surface area (Å²) in [5.74, 6) is -5.65. The molecule has 0 unspecified atom stereocenters. The molecule has 3 N–H and O–H groups in total. The highest BCUT2D eigenvalue weighted by Crippen LogP contribution is 2.50. The zero-order chi connectivity index (χ0) is 30.1. The summed E-state index contributed by atoms with van der Waals surface area (Å²) in [6, 6.07) is 13.7. The molecule has 0 spiro atoms. The Labute approximate surface area is 243 Å². The number of methoxy groups -OCH3 is 1. The van der Waals surface area contributed by atoms with Crippen molar-refractivity contribution in [3.8, 4) is 0 Å². The van der Waals surface area contributed by atoms with Gasteiger partial charge in [-0.1, -0.05) is 54.6 Å². The van der Waals surface area contributed by atoms with Crippen LogP contribution in [0.1, 0.15) is 59.6 Å². The van der Waals surface area contributed by atoms with Gasteiger partial charge in [-0.2, -0.15) is 0 Å². The van der Waals surface area contributed by atoms with Crippen LogP contribution in [0.5, 0.6) is 0 Å². The van der Waals surface area contributed by atoms with Gasteiger partial charge in [0.25, 0.3) is 0 Å². The summed E-state index contributed by atoms with van der Waals surface area (Å²) in [6.07, 6.45) is 4.47. The quantitative estimate of drug-likeness (QED) is 0.269. The first-order valence-electron chi connectivity index (χ1n) is 13.3. The van der Waals surface area contributed by atoms with E-state index in [1.54, 1.807) is 12.3 Å². The lowest BCUT2D eigenvalue weighted by molar-refractivity contribution is -0.161. The molecule has 10 heteroatoms. The lowest BCUT2D eigenvalue weighted by atomic mass is 9.70. The van der Waals surface area contributed by atoms with Gasteiger partial charge in [-0.3, -0.25) is 19.2 Å². The molecule has 2 aromatic carbocycles. The zero-order valence-corrected chi connectivity index (χ0v) is 24.1. The minimum absolute atomic E-state index is 0.193. The predicted octanol–water partition coefficient (Wildman–Crippen LogP) is 5.20. The highest BCUT2D eigenvalue weighted by molar-refractivity contribution is 7.99.